The van der Waals surface area contributed by atoms with Gasteiger partial charge < -0.3 is 15.5 Å². The number of nitrogens with one attached hydrogen (secondary N) is 2. The number of likely N-dealkylation sites (N-methyl/N-ethyl adjacent to an activating group) is 1. The van der Waals surface area contributed by atoms with Crippen molar-refractivity contribution in [3.63, 3.8) is 0 Å². The predicted octanol–water partition coefficient (Wildman–Crippen LogP) is 2.04. The zero-order valence-corrected chi connectivity index (χ0v) is 18.7. The maximum absolute atomic E-state index is 12.4. The summed E-state index contributed by atoms with van der Waals surface area (Å²) in [6, 6.07) is 14.5. The van der Waals surface area contributed by atoms with Crippen molar-refractivity contribution in [3.8, 4) is 0 Å². The first-order valence-electron chi connectivity index (χ1n) is 11.0. The summed E-state index contributed by atoms with van der Waals surface area (Å²) in [4.78, 5) is 25.1. The van der Waals surface area contributed by atoms with E-state index in [2.05, 4.69) is 49.8 Å². The van der Waals surface area contributed by atoms with Gasteiger partial charge >= 0.3 is 0 Å². The van der Waals surface area contributed by atoms with Crippen LogP contribution in [-0.4, -0.2) is 66.9 Å². The van der Waals surface area contributed by atoms with Crippen LogP contribution in [0, 0.1) is 0 Å². The Labute approximate surface area is 185 Å². The summed E-state index contributed by atoms with van der Waals surface area (Å²) in [5, 5.41) is 6.38. The van der Waals surface area contributed by atoms with Crippen molar-refractivity contribution < 1.29 is 4.79 Å². The molecule has 0 bridgehead atoms. The average molecular weight is 423 g/mol. The van der Waals surface area contributed by atoms with Gasteiger partial charge in [-0.25, -0.2) is 0 Å². The topological polar surface area (TPSA) is 72.9 Å². The van der Waals surface area contributed by atoms with Crippen molar-refractivity contribution in [2.24, 2.45) is 4.99 Å². The van der Waals surface area contributed by atoms with Crippen LogP contribution in [0.2, 0.25) is 0 Å². The first-order chi connectivity index (χ1) is 15.1. The van der Waals surface area contributed by atoms with E-state index in [1.165, 1.54) is 37.1 Å². The second-order valence-electron chi connectivity index (χ2n) is 7.97. The molecule has 2 N–H and O–H groups in total. The number of carbonyl (C=O) groups is 1. The summed E-state index contributed by atoms with van der Waals surface area (Å²) in [6.07, 6.45) is 5.15. The quantitative estimate of drug-likeness (QED) is 0.478. The molecule has 1 aliphatic heterocycles. The Morgan fingerprint density at radius 2 is 1.84 bits per heavy atom. The smallest absolute Gasteiger partial charge is 0.241 e. The van der Waals surface area contributed by atoms with Gasteiger partial charge in [0.1, 0.15) is 0 Å². The van der Waals surface area contributed by atoms with E-state index in [1.807, 2.05) is 25.2 Å². The summed E-state index contributed by atoms with van der Waals surface area (Å²) in [6.45, 7) is 4.95. The molecular weight excluding hydrogens is 388 g/mol. The first-order valence-corrected chi connectivity index (χ1v) is 11.0. The summed E-state index contributed by atoms with van der Waals surface area (Å²) in [7, 11) is 3.52. The zero-order chi connectivity index (χ0) is 21.9. The highest BCUT2D eigenvalue weighted by Crippen LogP contribution is 2.13. The van der Waals surface area contributed by atoms with Crippen molar-refractivity contribution in [2.75, 3.05) is 40.3 Å². The number of likely N-dealkylation sites (tertiary alicyclic amines) is 1. The molecule has 7 heteroatoms. The lowest BCUT2D eigenvalue weighted by molar-refractivity contribution is -0.128. The first kappa shape index (κ1) is 22.7. The van der Waals surface area contributed by atoms with Crippen molar-refractivity contribution in [2.45, 2.75) is 32.4 Å². The number of hydrogen-bond donors (Lipinski definition) is 2. The molecule has 2 aromatic rings. The number of nitrogens with zero attached hydrogens (tertiary/aromatic N) is 4. The lowest BCUT2D eigenvalue weighted by Crippen LogP contribution is -2.43. The van der Waals surface area contributed by atoms with E-state index in [4.69, 9.17) is 0 Å². The SMILES string of the molecule is CN=C(NCC(=O)N(C)CCc1ccccn1)NCc1ccc(CN2CCCC2)cc1. The van der Waals surface area contributed by atoms with Gasteiger partial charge in [-0.05, 0) is 49.2 Å². The molecule has 0 saturated carbocycles. The molecule has 166 valence electrons. The molecule has 0 atom stereocenters. The van der Waals surface area contributed by atoms with E-state index in [-0.39, 0.29) is 12.5 Å². The summed E-state index contributed by atoms with van der Waals surface area (Å²) in [5.74, 6) is 0.637. The Hall–Kier alpha value is -2.93. The van der Waals surface area contributed by atoms with E-state index < -0.39 is 0 Å². The highest BCUT2D eigenvalue weighted by molar-refractivity contribution is 5.86. The third kappa shape index (κ3) is 7.68. The Kier molecular flexibility index (Phi) is 8.84. The predicted molar refractivity (Wildman–Crippen MR) is 125 cm³/mol. The van der Waals surface area contributed by atoms with Crippen LogP contribution >= 0.6 is 0 Å². The summed E-state index contributed by atoms with van der Waals surface area (Å²) < 4.78 is 0. The van der Waals surface area contributed by atoms with Crippen molar-refractivity contribution in [1.82, 2.24) is 25.4 Å². The molecule has 0 radical (unpaired) electrons. The fraction of sp³-hybridized carbons (Fsp3) is 0.458. The van der Waals surface area contributed by atoms with E-state index in [0.717, 1.165) is 18.7 Å². The normalized spacial score (nSPS) is 14.5. The molecular formula is C24H34N6O. The number of guanidine groups is 1. The second kappa shape index (κ2) is 12.1. The Bertz CT molecular complexity index is 831. The van der Waals surface area contributed by atoms with E-state index >= 15 is 0 Å². The Morgan fingerprint density at radius 1 is 1.10 bits per heavy atom. The molecule has 1 fully saturated rings. The molecule has 1 aliphatic rings. The zero-order valence-electron chi connectivity index (χ0n) is 18.7. The van der Waals surface area contributed by atoms with Crippen LogP contribution in [0.25, 0.3) is 0 Å². The Balaban J connectivity index is 1.37. The summed E-state index contributed by atoms with van der Waals surface area (Å²) >= 11 is 0. The van der Waals surface area contributed by atoms with Crippen LogP contribution in [0.1, 0.15) is 29.7 Å². The summed E-state index contributed by atoms with van der Waals surface area (Å²) in [5.41, 5.74) is 3.53. The van der Waals surface area contributed by atoms with Gasteiger partial charge in [0.15, 0.2) is 5.96 Å². The largest absolute Gasteiger partial charge is 0.352 e. The van der Waals surface area contributed by atoms with E-state index in [0.29, 0.717) is 19.0 Å². The van der Waals surface area contributed by atoms with Gasteiger partial charge in [-0.3, -0.25) is 19.7 Å². The third-order valence-electron chi connectivity index (χ3n) is 5.57. The van der Waals surface area contributed by atoms with Gasteiger partial charge in [0, 0.05) is 52.0 Å². The number of hydrogen-bond acceptors (Lipinski definition) is 4. The molecule has 2 heterocycles. The highest BCUT2D eigenvalue weighted by Gasteiger charge is 2.12. The average Bonchev–Trinajstić information content (AvgIpc) is 3.32. The molecule has 1 aromatic carbocycles. The van der Waals surface area contributed by atoms with Crippen LogP contribution in [0.4, 0.5) is 0 Å². The van der Waals surface area contributed by atoms with Gasteiger partial charge in [0.05, 0.1) is 6.54 Å². The number of carbonyl (C=O) groups excluding carboxylic acids is 1. The minimum absolute atomic E-state index is 0.0187. The van der Waals surface area contributed by atoms with Crippen LogP contribution in [0.5, 0.6) is 0 Å². The van der Waals surface area contributed by atoms with E-state index in [9.17, 15) is 4.79 Å². The Morgan fingerprint density at radius 3 is 2.52 bits per heavy atom. The standard InChI is InChI=1S/C24H34N6O/c1-25-24(28-18-23(31)29(2)16-12-22-7-3-4-13-26-22)27-17-20-8-10-21(11-9-20)19-30-14-5-6-15-30/h3-4,7-11,13H,5-6,12,14-19H2,1-2H3,(H2,25,27,28). The second-order valence-corrected chi connectivity index (χ2v) is 7.97. The number of pyridine rings is 1. The molecule has 1 saturated heterocycles. The van der Waals surface area contributed by atoms with Crippen molar-refractivity contribution in [1.29, 1.82) is 0 Å². The van der Waals surface area contributed by atoms with Crippen LogP contribution < -0.4 is 10.6 Å². The molecule has 0 spiro atoms. The molecule has 0 aliphatic carbocycles. The fourth-order valence-corrected chi connectivity index (χ4v) is 3.62. The van der Waals surface area contributed by atoms with Crippen LogP contribution in [-0.2, 0) is 24.3 Å². The monoisotopic (exact) mass is 422 g/mol. The van der Waals surface area contributed by atoms with Crippen molar-refractivity contribution in [3.05, 3.63) is 65.5 Å². The molecule has 31 heavy (non-hydrogen) atoms. The van der Waals surface area contributed by atoms with Gasteiger partial charge in [0.2, 0.25) is 5.91 Å². The maximum Gasteiger partial charge on any atom is 0.241 e. The van der Waals surface area contributed by atoms with Crippen LogP contribution in [0.15, 0.2) is 53.7 Å². The molecule has 3 rings (SSSR count). The number of amides is 1. The lowest BCUT2D eigenvalue weighted by Gasteiger charge is -2.18. The number of aromatic nitrogens is 1. The lowest BCUT2D eigenvalue weighted by atomic mass is 10.1. The van der Waals surface area contributed by atoms with Gasteiger partial charge in [-0.1, -0.05) is 30.3 Å². The number of benzene rings is 1. The van der Waals surface area contributed by atoms with E-state index in [1.54, 1.807) is 18.1 Å². The minimum atomic E-state index is 0.0187. The molecule has 1 amide bonds. The van der Waals surface area contributed by atoms with Gasteiger partial charge in [-0.2, -0.15) is 0 Å². The fourth-order valence-electron chi connectivity index (χ4n) is 3.62. The number of rotatable bonds is 9. The minimum Gasteiger partial charge on any atom is -0.352 e. The molecule has 7 nitrogen and oxygen atoms in total. The van der Waals surface area contributed by atoms with Crippen molar-refractivity contribution >= 4 is 11.9 Å². The third-order valence-corrected chi connectivity index (χ3v) is 5.57. The maximum atomic E-state index is 12.4. The van der Waals surface area contributed by atoms with Gasteiger partial charge in [0.25, 0.3) is 0 Å². The molecule has 0 unspecified atom stereocenters. The highest BCUT2D eigenvalue weighted by atomic mass is 16.2. The molecule has 1 aromatic heterocycles. The number of aliphatic imine (C=N–C) groups is 1. The van der Waals surface area contributed by atoms with Gasteiger partial charge in [-0.15, -0.1) is 0 Å². The van der Waals surface area contributed by atoms with Crippen LogP contribution in [0.3, 0.4) is 0 Å².